The van der Waals surface area contributed by atoms with Gasteiger partial charge in [0, 0.05) is 29.4 Å². The lowest BCUT2D eigenvalue weighted by molar-refractivity contribution is 0.740. The maximum atomic E-state index is 4.75. The fourth-order valence-electron chi connectivity index (χ4n) is 3.67. The number of rotatable bonds is 2. The molecule has 4 rings (SSSR count). The van der Waals surface area contributed by atoms with Crippen molar-refractivity contribution < 1.29 is 0 Å². The molecular weight excluding hydrogens is 270 g/mol. The molecule has 2 N–H and O–H groups in total. The molecule has 22 heavy (non-hydrogen) atoms. The number of hydrogen-bond donors (Lipinski definition) is 2. The standard InChI is InChI=1S/C19H23N3/c1-12-19(2,3)18-16-6-5-14(22-15-8-9-20-11-15)10-13(16)4-7-17(18)21-12/h4-7,10,15,20,22H,8-9,11H2,1-3H3/t15-/m1/s1. The molecule has 2 heterocycles. The van der Waals surface area contributed by atoms with Crippen molar-refractivity contribution in [1.82, 2.24) is 5.32 Å². The van der Waals surface area contributed by atoms with Crippen LogP contribution in [0.4, 0.5) is 11.4 Å². The van der Waals surface area contributed by atoms with E-state index in [2.05, 4.69) is 61.7 Å². The first-order valence-corrected chi connectivity index (χ1v) is 8.16. The van der Waals surface area contributed by atoms with Crippen LogP contribution in [0.25, 0.3) is 10.8 Å². The van der Waals surface area contributed by atoms with Crippen molar-refractivity contribution in [2.45, 2.75) is 38.6 Å². The molecule has 0 unspecified atom stereocenters. The van der Waals surface area contributed by atoms with Gasteiger partial charge in [-0.3, -0.25) is 4.99 Å². The Morgan fingerprint density at radius 2 is 2.09 bits per heavy atom. The molecule has 2 aliphatic rings. The Labute approximate surface area is 131 Å². The molecule has 0 aromatic heterocycles. The zero-order valence-corrected chi connectivity index (χ0v) is 13.5. The molecule has 1 saturated heterocycles. The summed E-state index contributed by atoms with van der Waals surface area (Å²) in [6.07, 6.45) is 1.20. The summed E-state index contributed by atoms with van der Waals surface area (Å²) in [6.45, 7) is 8.85. The molecule has 2 aromatic rings. The predicted octanol–water partition coefficient (Wildman–Crippen LogP) is 4.00. The van der Waals surface area contributed by atoms with Gasteiger partial charge in [-0.25, -0.2) is 0 Å². The van der Waals surface area contributed by atoms with E-state index in [9.17, 15) is 0 Å². The summed E-state index contributed by atoms with van der Waals surface area (Å²) in [5, 5.41) is 9.67. The zero-order chi connectivity index (χ0) is 15.3. The number of aliphatic imine (C=N–C) groups is 1. The Morgan fingerprint density at radius 1 is 1.23 bits per heavy atom. The van der Waals surface area contributed by atoms with E-state index in [1.165, 1.54) is 34.2 Å². The summed E-state index contributed by atoms with van der Waals surface area (Å²) in [4.78, 5) is 4.75. The highest BCUT2D eigenvalue weighted by atomic mass is 15.0. The van der Waals surface area contributed by atoms with Gasteiger partial charge in [0.2, 0.25) is 0 Å². The van der Waals surface area contributed by atoms with Gasteiger partial charge in [0.15, 0.2) is 0 Å². The van der Waals surface area contributed by atoms with Crippen molar-refractivity contribution in [3.05, 3.63) is 35.9 Å². The third kappa shape index (κ3) is 2.03. The molecule has 0 bridgehead atoms. The van der Waals surface area contributed by atoms with Crippen molar-refractivity contribution >= 4 is 27.9 Å². The van der Waals surface area contributed by atoms with Crippen LogP contribution >= 0.6 is 0 Å². The Hall–Kier alpha value is -1.87. The highest BCUT2D eigenvalue weighted by Crippen LogP contribution is 2.44. The summed E-state index contributed by atoms with van der Waals surface area (Å²) < 4.78 is 0. The minimum atomic E-state index is 0.0269. The molecule has 1 fully saturated rings. The van der Waals surface area contributed by atoms with Crippen LogP contribution in [0.3, 0.4) is 0 Å². The lowest BCUT2D eigenvalue weighted by Gasteiger charge is -2.22. The van der Waals surface area contributed by atoms with E-state index in [1.54, 1.807) is 0 Å². The first-order valence-electron chi connectivity index (χ1n) is 8.16. The second-order valence-electron chi connectivity index (χ2n) is 7.05. The number of nitrogens with one attached hydrogen (secondary N) is 2. The topological polar surface area (TPSA) is 36.4 Å². The average molecular weight is 293 g/mol. The molecule has 2 aromatic carbocycles. The van der Waals surface area contributed by atoms with Gasteiger partial charge >= 0.3 is 0 Å². The highest BCUT2D eigenvalue weighted by Gasteiger charge is 2.33. The van der Waals surface area contributed by atoms with Crippen LogP contribution in [-0.2, 0) is 5.41 Å². The number of hydrogen-bond acceptors (Lipinski definition) is 3. The summed E-state index contributed by atoms with van der Waals surface area (Å²) in [7, 11) is 0. The molecule has 0 amide bonds. The maximum absolute atomic E-state index is 4.75. The largest absolute Gasteiger partial charge is 0.381 e. The summed E-state index contributed by atoms with van der Waals surface area (Å²) in [5.41, 5.74) is 4.95. The van der Waals surface area contributed by atoms with Gasteiger partial charge < -0.3 is 10.6 Å². The molecular formula is C19H23N3. The smallest absolute Gasteiger partial charge is 0.0677 e. The minimum absolute atomic E-state index is 0.0269. The average Bonchev–Trinajstić information content (AvgIpc) is 3.06. The molecule has 3 nitrogen and oxygen atoms in total. The maximum Gasteiger partial charge on any atom is 0.0677 e. The Bertz CT molecular complexity index is 768. The normalized spacial score (nSPS) is 22.7. The van der Waals surface area contributed by atoms with Crippen LogP contribution in [0.15, 0.2) is 35.3 Å². The van der Waals surface area contributed by atoms with Crippen LogP contribution in [0, 0.1) is 0 Å². The van der Waals surface area contributed by atoms with Crippen LogP contribution < -0.4 is 10.6 Å². The van der Waals surface area contributed by atoms with E-state index < -0.39 is 0 Å². The van der Waals surface area contributed by atoms with E-state index in [0.29, 0.717) is 6.04 Å². The first-order chi connectivity index (χ1) is 10.6. The summed E-state index contributed by atoms with van der Waals surface area (Å²) in [6, 6.07) is 11.7. The SMILES string of the molecule is CC1=Nc2ccc3cc(N[C@@H]4CCNC4)ccc3c2C1(C)C. The van der Waals surface area contributed by atoms with Crippen molar-refractivity contribution in [2.24, 2.45) is 4.99 Å². The minimum Gasteiger partial charge on any atom is -0.381 e. The highest BCUT2D eigenvalue weighted by molar-refractivity contribution is 6.06. The molecule has 1 atom stereocenters. The molecule has 0 saturated carbocycles. The van der Waals surface area contributed by atoms with Gasteiger partial charge in [0.1, 0.15) is 0 Å². The Balaban J connectivity index is 1.76. The lowest BCUT2D eigenvalue weighted by Crippen LogP contribution is -2.23. The van der Waals surface area contributed by atoms with E-state index in [4.69, 9.17) is 4.99 Å². The Kier molecular flexibility index (Phi) is 3.01. The Morgan fingerprint density at radius 3 is 2.86 bits per heavy atom. The lowest BCUT2D eigenvalue weighted by atomic mass is 9.79. The van der Waals surface area contributed by atoms with Gasteiger partial charge in [-0.05, 0) is 54.4 Å². The van der Waals surface area contributed by atoms with Gasteiger partial charge in [0.25, 0.3) is 0 Å². The van der Waals surface area contributed by atoms with Crippen molar-refractivity contribution in [3.63, 3.8) is 0 Å². The van der Waals surface area contributed by atoms with Crippen molar-refractivity contribution in [2.75, 3.05) is 18.4 Å². The third-order valence-corrected chi connectivity index (χ3v) is 5.25. The van der Waals surface area contributed by atoms with Crippen LogP contribution in [0.5, 0.6) is 0 Å². The molecule has 0 radical (unpaired) electrons. The molecule has 2 aliphatic heterocycles. The molecule has 3 heteroatoms. The van der Waals surface area contributed by atoms with Gasteiger partial charge in [0.05, 0.1) is 5.69 Å². The van der Waals surface area contributed by atoms with Crippen LogP contribution in [0.1, 0.15) is 32.8 Å². The second-order valence-corrected chi connectivity index (χ2v) is 7.05. The fraction of sp³-hybridized carbons (Fsp3) is 0.421. The van der Waals surface area contributed by atoms with Gasteiger partial charge in [-0.1, -0.05) is 26.0 Å². The first kappa shape index (κ1) is 13.8. The number of benzene rings is 2. The van der Waals surface area contributed by atoms with E-state index >= 15 is 0 Å². The van der Waals surface area contributed by atoms with E-state index in [-0.39, 0.29) is 5.41 Å². The zero-order valence-electron chi connectivity index (χ0n) is 13.5. The third-order valence-electron chi connectivity index (χ3n) is 5.25. The summed E-state index contributed by atoms with van der Waals surface area (Å²) in [5.74, 6) is 0. The van der Waals surface area contributed by atoms with Crippen LogP contribution in [0.2, 0.25) is 0 Å². The van der Waals surface area contributed by atoms with Crippen molar-refractivity contribution in [1.29, 1.82) is 0 Å². The number of nitrogens with zero attached hydrogens (tertiary/aromatic N) is 1. The van der Waals surface area contributed by atoms with Crippen molar-refractivity contribution in [3.8, 4) is 0 Å². The summed E-state index contributed by atoms with van der Waals surface area (Å²) >= 11 is 0. The second kappa shape index (κ2) is 4.82. The van der Waals surface area contributed by atoms with Crippen LogP contribution in [-0.4, -0.2) is 24.8 Å². The molecule has 114 valence electrons. The van der Waals surface area contributed by atoms with E-state index in [0.717, 1.165) is 18.8 Å². The van der Waals surface area contributed by atoms with Gasteiger partial charge in [-0.15, -0.1) is 0 Å². The molecule has 0 spiro atoms. The van der Waals surface area contributed by atoms with E-state index in [1.807, 2.05) is 0 Å². The predicted molar refractivity (Wildman–Crippen MR) is 94.6 cm³/mol. The number of anilines is 1. The monoisotopic (exact) mass is 293 g/mol. The number of fused-ring (bicyclic) bond motifs is 3. The fourth-order valence-corrected chi connectivity index (χ4v) is 3.67. The molecule has 0 aliphatic carbocycles. The van der Waals surface area contributed by atoms with Gasteiger partial charge in [-0.2, -0.15) is 0 Å². The quantitative estimate of drug-likeness (QED) is 0.878.